The van der Waals surface area contributed by atoms with Crippen molar-refractivity contribution in [2.24, 2.45) is 5.92 Å². The van der Waals surface area contributed by atoms with Crippen LogP contribution in [0.5, 0.6) is 5.75 Å². The van der Waals surface area contributed by atoms with E-state index in [0.29, 0.717) is 28.3 Å². The van der Waals surface area contributed by atoms with Crippen LogP contribution in [0.2, 0.25) is 0 Å². The monoisotopic (exact) mass is 568 g/mol. The molecule has 218 valence electrons. The number of ether oxygens (including phenoxy) is 2. The van der Waals surface area contributed by atoms with E-state index in [1.54, 1.807) is 81.4 Å². The number of hydrogen-bond donors (Lipinski definition) is 0. The second-order valence-corrected chi connectivity index (χ2v) is 12.8. The Morgan fingerprint density at radius 3 is 2.02 bits per heavy atom. The minimum atomic E-state index is -1.67. The van der Waals surface area contributed by atoms with Gasteiger partial charge < -0.3 is 9.47 Å². The maximum Gasteiger partial charge on any atom is 0.421 e. The van der Waals surface area contributed by atoms with Crippen molar-refractivity contribution in [2.75, 3.05) is 16.9 Å². The largest absolute Gasteiger partial charge is 0.497 e. The van der Waals surface area contributed by atoms with Crippen LogP contribution in [0, 0.1) is 5.92 Å². The zero-order valence-electron chi connectivity index (χ0n) is 25.1. The van der Waals surface area contributed by atoms with Gasteiger partial charge in [0.25, 0.3) is 5.91 Å². The van der Waals surface area contributed by atoms with Gasteiger partial charge in [-0.1, -0.05) is 69.3 Å². The number of hydrogen-bond acceptors (Lipinski definition) is 6. The SMILES string of the molecule is COc1ccc([C@@]2([C@@H]3CC(=O)N(c4ccccc4C(C)(C)C)C3=O)C(=O)N(C(=O)OC(C)(C)C)c3ccccc32)cc1. The molecule has 0 N–H and O–H groups in total. The van der Waals surface area contributed by atoms with E-state index in [1.807, 2.05) is 32.9 Å². The molecule has 2 atom stereocenters. The molecule has 0 unspecified atom stereocenters. The zero-order chi connectivity index (χ0) is 30.6. The number of rotatable bonds is 4. The summed E-state index contributed by atoms with van der Waals surface area (Å²) in [6.07, 6.45) is -1.06. The molecule has 2 aliphatic rings. The van der Waals surface area contributed by atoms with Gasteiger partial charge in [0.15, 0.2) is 0 Å². The van der Waals surface area contributed by atoms with Crippen LogP contribution in [0.3, 0.4) is 0 Å². The van der Waals surface area contributed by atoms with E-state index in [2.05, 4.69) is 0 Å². The van der Waals surface area contributed by atoms with Gasteiger partial charge in [-0.2, -0.15) is 0 Å². The quantitative estimate of drug-likeness (QED) is 0.351. The highest BCUT2D eigenvalue weighted by Crippen LogP contribution is 2.54. The van der Waals surface area contributed by atoms with Crippen molar-refractivity contribution in [3.63, 3.8) is 0 Å². The number of methoxy groups -OCH3 is 1. The van der Waals surface area contributed by atoms with Crippen molar-refractivity contribution in [1.29, 1.82) is 0 Å². The number of benzene rings is 3. The van der Waals surface area contributed by atoms with Crippen LogP contribution in [-0.4, -0.2) is 36.5 Å². The normalized spacial score (nSPS) is 20.6. The van der Waals surface area contributed by atoms with E-state index in [9.17, 15) is 19.2 Å². The number of carbonyl (C=O) groups excluding carboxylic acids is 4. The number of carbonyl (C=O) groups is 4. The summed E-state index contributed by atoms with van der Waals surface area (Å²) in [5, 5.41) is 0. The van der Waals surface area contributed by atoms with Gasteiger partial charge in [-0.3, -0.25) is 14.4 Å². The zero-order valence-corrected chi connectivity index (χ0v) is 25.1. The van der Waals surface area contributed by atoms with Gasteiger partial charge in [0.05, 0.1) is 24.4 Å². The second-order valence-electron chi connectivity index (χ2n) is 12.8. The van der Waals surface area contributed by atoms with Gasteiger partial charge in [0.1, 0.15) is 16.8 Å². The van der Waals surface area contributed by atoms with E-state index < -0.39 is 40.7 Å². The molecule has 5 rings (SSSR count). The van der Waals surface area contributed by atoms with Crippen molar-refractivity contribution in [1.82, 2.24) is 0 Å². The molecular formula is C34H36N2O6. The summed E-state index contributed by atoms with van der Waals surface area (Å²) in [7, 11) is 1.54. The van der Waals surface area contributed by atoms with E-state index in [1.165, 1.54) is 12.0 Å². The summed E-state index contributed by atoms with van der Waals surface area (Å²) in [6.45, 7) is 11.2. The van der Waals surface area contributed by atoms with Crippen LogP contribution in [0.25, 0.3) is 0 Å². The van der Waals surface area contributed by atoms with Crippen LogP contribution in [0.4, 0.5) is 16.2 Å². The lowest BCUT2D eigenvalue weighted by molar-refractivity contribution is -0.130. The Balaban J connectivity index is 1.74. The van der Waals surface area contributed by atoms with E-state index in [4.69, 9.17) is 9.47 Å². The topological polar surface area (TPSA) is 93.2 Å². The molecule has 0 bridgehead atoms. The number of nitrogens with zero attached hydrogens (tertiary/aromatic N) is 2. The standard InChI is InChI=1S/C34H36N2O6/c1-32(2,3)23-12-8-10-14-26(23)35-28(37)20-25(29(35)38)34(21-16-18-22(41-7)19-17-21)24-13-9-11-15-27(24)36(30(34)39)31(40)42-33(4,5)6/h8-19,25H,20H2,1-7H3/t25-,34-/m1/s1. The highest BCUT2D eigenvalue weighted by molar-refractivity contribution is 6.28. The smallest absolute Gasteiger partial charge is 0.421 e. The fourth-order valence-electron chi connectivity index (χ4n) is 6.09. The molecule has 42 heavy (non-hydrogen) atoms. The Morgan fingerprint density at radius 2 is 1.43 bits per heavy atom. The summed E-state index contributed by atoms with van der Waals surface area (Å²) < 4.78 is 11.0. The number of imide groups is 2. The molecule has 1 fully saturated rings. The Kier molecular flexibility index (Phi) is 7.00. The third-order valence-electron chi connectivity index (χ3n) is 7.85. The maximum absolute atomic E-state index is 14.8. The Hall–Kier alpha value is -4.46. The molecule has 1 saturated heterocycles. The van der Waals surface area contributed by atoms with Gasteiger partial charge in [-0.05, 0) is 67.1 Å². The van der Waals surface area contributed by atoms with Crippen molar-refractivity contribution < 1.29 is 28.7 Å². The van der Waals surface area contributed by atoms with Crippen molar-refractivity contribution in [2.45, 2.75) is 64.4 Å². The van der Waals surface area contributed by atoms with Crippen LogP contribution in [-0.2, 0) is 30.0 Å². The van der Waals surface area contributed by atoms with Crippen molar-refractivity contribution >= 4 is 35.2 Å². The predicted molar refractivity (Wildman–Crippen MR) is 160 cm³/mol. The van der Waals surface area contributed by atoms with Crippen LogP contribution in [0.1, 0.15) is 64.7 Å². The summed E-state index contributed by atoms with van der Waals surface area (Å²) in [6, 6.07) is 21.1. The average Bonchev–Trinajstić information content (AvgIpc) is 3.36. The molecule has 0 saturated carbocycles. The van der Waals surface area contributed by atoms with E-state index in [0.717, 1.165) is 10.5 Å². The highest BCUT2D eigenvalue weighted by atomic mass is 16.6. The summed E-state index contributed by atoms with van der Waals surface area (Å²) in [5.74, 6) is -2.10. The van der Waals surface area contributed by atoms with Gasteiger partial charge >= 0.3 is 6.09 Å². The molecule has 3 aromatic carbocycles. The molecule has 3 aromatic rings. The minimum Gasteiger partial charge on any atom is -0.497 e. The first-order valence-electron chi connectivity index (χ1n) is 14.0. The first kappa shape index (κ1) is 29.0. The van der Waals surface area contributed by atoms with Gasteiger partial charge in [0, 0.05) is 6.42 Å². The number of anilines is 2. The highest BCUT2D eigenvalue weighted by Gasteiger charge is 2.64. The minimum absolute atomic E-state index is 0.217. The predicted octanol–water partition coefficient (Wildman–Crippen LogP) is 6.14. The molecule has 4 amide bonds. The lowest BCUT2D eigenvalue weighted by atomic mass is 9.65. The molecule has 0 aromatic heterocycles. The summed E-state index contributed by atoms with van der Waals surface area (Å²) >= 11 is 0. The fourth-order valence-corrected chi connectivity index (χ4v) is 6.09. The van der Waals surface area contributed by atoms with Crippen LogP contribution < -0.4 is 14.5 Å². The molecular weight excluding hydrogens is 532 g/mol. The van der Waals surface area contributed by atoms with Gasteiger partial charge in [-0.25, -0.2) is 14.6 Å². The lowest BCUT2D eigenvalue weighted by Gasteiger charge is -2.34. The molecule has 2 heterocycles. The van der Waals surface area contributed by atoms with Crippen molar-refractivity contribution in [3.8, 4) is 5.75 Å². The van der Waals surface area contributed by atoms with Crippen LogP contribution in [0.15, 0.2) is 72.8 Å². The third kappa shape index (κ3) is 4.55. The Bertz CT molecular complexity index is 1580. The number of fused-ring (bicyclic) bond motifs is 1. The van der Waals surface area contributed by atoms with E-state index >= 15 is 0 Å². The maximum atomic E-state index is 14.8. The lowest BCUT2D eigenvalue weighted by Crippen LogP contribution is -2.51. The third-order valence-corrected chi connectivity index (χ3v) is 7.85. The van der Waals surface area contributed by atoms with E-state index in [-0.39, 0.29) is 11.8 Å². The first-order chi connectivity index (χ1) is 19.7. The first-order valence-corrected chi connectivity index (χ1v) is 14.0. The molecule has 2 aliphatic heterocycles. The average molecular weight is 569 g/mol. The van der Waals surface area contributed by atoms with Gasteiger partial charge in [-0.15, -0.1) is 0 Å². The Labute approximate surface area is 246 Å². The number of amides is 4. The molecule has 0 spiro atoms. The van der Waals surface area contributed by atoms with Crippen LogP contribution >= 0.6 is 0 Å². The molecule has 0 aliphatic carbocycles. The fraction of sp³-hybridized carbons (Fsp3) is 0.353. The molecule has 8 nitrogen and oxygen atoms in total. The molecule has 0 radical (unpaired) electrons. The summed E-state index contributed by atoms with van der Waals surface area (Å²) in [4.78, 5) is 58.9. The molecule has 8 heteroatoms. The second kappa shape index (κ2) is 10.1. The van der Waals surface area contributed by atoms with Gasteiger partial charge in [0.2, 0.25) is 11.8 Å². The Morgan fingerprint density at radius 1 is 0.833 bits per heavy atom. The van der Waals surface area contributed by atoms with Crippen molar-refractivity contribution in [3.05, 3.63) is 89.5 Å². The summed E-state index contributed by atoms with van der Waals surface area (Å²) in [5.41, 5.74) is -0.308. The number of para-hydroxylation sites is 2.